The minimum absolute atomic E-state index is 0.0933. The van der Waals surface area contributed by atoms with Gasteiger partial charge in [0, 0.05) is 5.75 Å². The van der Waals surface area contributed by atoms with Gasteiger partial charge in [-0.05, 0) is 19.3 Å². The fourth-order valence-electron chi connectivity index (χ4n) is 0.920. The van der Waals surface area contributed by atoms with Crippen LogP contribution in [0.15, 0.2) is 0 Å². The smallest absolute Gasteiger partial charge is 0.326 e. The lowest BCUT2D eigenvalue weighted by atomic mass is 9.95. The van der Waals surface area contributed by atoms with Gasteiger partial charge in [0.15, 0.2) is 11.1 Å². The largest absolute Gasteiger partial charge is 0.480 e. The molecule has 0 aromatic heterocycles. The predicted molar refractivity (Wildman–Crippen MR) is 51.1 cm³/mol. The van der Waals surface area contributed by atoms with E-state index in [2.05, 4.69) is 0 Å². The SMILES string of the molecule is N[C@@](CO)(CCCCS(=O)O)C(=O)O. The van der Waals surface area contributed by atoms with Gasteiger partial charge < -0.3 is 20.5 Å². The van der Waals surface area contributed by atoms with Crippen molar-refractivity contribution >= 4 is 17.0 Å². The Kier molecular flexibility index (Phi) is 5.86. The number of rotatable bonds is 7. The third kappa shape index (κ3) is 4.66. The van der Waals surface area contributed by atoms with Gasteiger partial charge in [-0.25, -0.2) is 4.21 Å². The van der Waals surface area contributed by atoms with E-state index in [9.17, 15) is 9.00 Å². The second kappa shape index (κ2) is 6.07. The summed E-state index contributed by atoms with van der Waals surface area (Å²) in [6, 6.07) is 0. The Morgan fingerprint density at radius 3 is 2.36 bits per heavy atom. The van der Waals surface area contributed by atoms with Crippen molar-refractivity contribution in [2.45, 2.75) is 24.8 Å². The van der Waals surface area contributed by atoms with Crippen LogP contribution < -0.4 is 5.73 Å². The number of carbonyl (C=O) groups is 1. The van der Waals surface area contributed by atoms with Crippen molar-refractivity contribution in [3.05, 3.63) is 0 Å². The fraction of sp³-hybridized carbons (Fsp3) is 0.857. The number of hydrogen-bond acceptors (Lipinski definition) is 4. The van der Waals surface area contributed by atoms with Crippen molar-refractivity contribution in [2.24, 2.45) is 5.73 Å². The molecule has 0 radical (unpaired) electrons. The number of carboxylic acids is 1. The normalized spacial score (nSPS) is 17.4. The lowest BCUT2D eigenvalue weighted by Gasteiger charge is -2.21. The van der Waals surface area contributed by atoms with Gasteiger partial charge in [-0.1, -0.05) is 0 Å². The standard InChI is InChI=1S/C7H15NO5S/c8-7(5-9,6(10)11)3-1-2-4-14(12)13/h9H,1-5,8H2,(H,10,11)(H,12,13)/t7-/m1/s1. The van der Waals surface area contributed by atoms with Crippen LogP contribution in [0.2, 0.25) is 0 Å². The van der Waals surface area contributed by atoms with E-state index in [0.29, 0.717) is 12.8 Å². The first-order chi connectivity index (χ1) is 6.42. The van der Waals surface area contributed by atoms with Crippen molar-refractivity contribution in [3.8, 4) is 0 Å². The Labute approximate surface area is 84.4 Å². The lowest BCUT2D eigenvalue weighted by Crippen LogP contribution is -2.51. The first kappa shape index (κ1) is 13.5. The summed E-state index contributed by atoms with van der Waals surface area (Å²) in [7, 11) is 0. The van der Waals surface area contributed by atoms with Gasteiger partial charge in [0.2, 0.25) is 0 Å². The maximum atomic E-state index is 10.6. The molecule has 5 N–H and O–H groups in total. The molecule has 0 aromatic carbocycles. The van der Waals surface area contributed by atoms with E-state index in [1.165, 1.54) is 0 Å². The molecule has 1 unspecified atom stereocenters. The molecule has 0 aliphatic carbocycles. The number of carboxylic acid groups (broad SMARTS) is 1. The third-order valence-electron chi connectivity index (χ3n) is 1.90. The summed E-state index contributed by atoms with van der Waals surface area (Å²) in [5.74, 6) is -1.16. The average Bonchev–Trinajstić information content (AvgIpc) is 2.11. The molecular weight excluding hydrogens is 210 g/mol. The predicted octanol–water partition coefficient (Wildman–Crippen LogP) is -0.847. The highest BCUT2D eigenvalue weighted by Gasteiger charge is 2.32. The van der Waals surface area contributed by atoms with E-state index in [1.54, 1.807) is 0 Å². The first-order valence-electron chi connectivity index (χ1n) is 4.13. The molecule has 7 heteroatoms. The first-order valence-corrected chi connectivity index (χ1v) is 5.40. The number of aliphatic hydroxyl groups excluding tert-OH is 1. The second-order valence-electron chi connectivity index (χ2n) is 3.10. The third-order valence-corrected chi connectivity index (χ3v) is 2.54. The topological polar surface area (TPSA) is 121 Å². The minimum Gasteiger partial charge on any atom is -0.480 e. The van der Waals surface area contributed by atoms with Gasteiger partial charge in [0.1, 0.15) is 5.54 Å². The molecule has 0 spiro atoms. The summed E-state index contributed by atoms with van der Waals surface area (Å²) >= 11 is -1.86. The molecule has 14 heavy (non-hydrogen) atoms. The maximum absolute atomic E-state index is 10.6. The van der Waals surface area contributed by atoms with E-state index >= 15 is 0 Å². The summed E-state index contributed by atoms with van der Waals surface area (Å²) in [4.78, 5) is 10.6. The van der Waals surface area contributed by atoms with Crippen LogP contribution in [0.1, 0.15) is 19.3 Å². The van der Waals surface area contributed by atoms with Gasteiger partial charge in [0.25, 0.3) is 0 Å². The fourth-order valence-corrected chi connectivity index (χ4v) is 1.37. The highest BCUT2D eigenvalue weighted by molar-refractivity contribution is 7.79. The van der Waals surface area contributed by atoms with Crippen LogP contribution in [0, 0.1) is 0 Å². The highest BCUT2D eigenvalue weighted by atomic mass is 32.2. The Morgan fingerprint density at radius 2 is 2.00 bits per heavy atom. The minimum atomic E-state index is -1.86. The Morgan fingerprint density at radius 1 is 1.43 bits per heavy atom. The van der Waals surface area contributed by atoms with Gasteiger partial charge in [-0.2, -0.15) is 0 Å². The van der Waals surface area contributed by atoms with Crippen LogP contribution >= 0.6 is 0 Å². The molecule has 0 aliphatic heterocycles. The van der Waals surface area contributed by atoms with E-state index in [0.717, 1.165) is 0 Å². The van der Waals surface area contributed by atoms with Crippen molar-refractivity contribution in [2.75, 3.05) is 12.4 Å². The van der Waals surface area contributed by atoms with E-state index in [1.807, 2.05) is 0 Å². The van der Waals surface area contributed by atoms with Crippen LogP contribution in [0.4, 0.5) is 0 Å². The zero-order valence-electron chi connectivity index (χ0n) is 7.68. The maximum Gasteiger partial charge on any atom is 0.326 e. The van der Waals surface area contributed by atoms with Crippen LogP contribution in [-0.2, 0) is 15.9 Å². The number of aliphatic carboxylic acids is 1. The number of hydrogen-bond donors (Lipinski definition) is 4. The van der Waals surface area contributed by atoms with E-state index in [4.69, 9.17) is 20.5 Å². The molecule has 2 atom stereocenters. The molecule has 0 aliphatic rings. The monoisotopic (exact) mass is 225 g/mol. The zero-order valence-corrected chi connectivity index (χ0v) is 8.50. The molecule has 0 aromatic rings. The summed E-state index contributed by atoms with van der Waals surface area (Å²) < 4.78 is 18.7. The lowest BCUT2D eigenvalue weighted by molar-refractivity contribution is -0.145. The van der Waals surface area contributed by atoms with Crippen LogP contribution in [0.5, 0.6) is 0 Å². The van der Waals surface area contributed by atoms with Gasteiger partial charge in [-0.15, -0.1) is 0 Å². The second-order valence-corrected chi connectivity index (χ2v) is 4.15. The van der Waals surface area contributed by atoms with Crippen LogP contribution in [-0.4, -0.2) is 42.8 Å². The van der Waals surface area contributed by atoms with Crippen molar-refractivity contribution in [1.29, 1.82) is 0 Å². The quantitative estimate of drug-likeness (QED) is 0.331. The Hall–Kier alpha value is -0.500. The zero-order chi connectivity index (χ0) is 11.2. The number of aliphatic hydroxyl groups is 1. The van der Waals surface area contributed by atoms with Gasteiger partial charge >= 0.3 is 5.97 Å². The van der Waals surface area contributed by atoms with Crippen molar-refractivity contribution < 1.29 is 23.8 Å². The molecule has 6 nitrogen and oxygen atoms in total. The molecule has 0 amide bonds. The molecule has 0 heterocycles. The summed E-state index contributed by atoms with van der Waals surface area (Å²) in [5, 5.41) is 17.4. The Balaban J connectivity index is 3.85. The number of unbranched alkanes of at least 4 members (excludes halogenated alkanes) is 1. The molecule has 0 fully saturated rings. The average molecular weight is 225 g/mol. The molecular formula is C7H15NO5S. The molecule has 0 bridgehead atoms. The summed E-state index contributed by atoms with van der Waals surface area (Å²) in [6.45, 7) is -0.634. The van der Waals surface area contributed by atoms with Gasteiger partial charge in [-0.3, -0.25) is 4.79 Å². The molecule has 84 valence electrons. The number of nitrogens with two attached hydrogens (primary N) is 1. The van der Waals surface area contributed by atoms with Crippen molar-refractivity contribution in [1.82, 2.24) is 0 Å². The van der Waals surface area contributed by atoms with Crippen molar-refractivity contribution in [3.63, 3.8) is 0 Å². The highest BCUT2D eigenvalue weighted by Crippen LogP contribution is 2.11. The van der Waals surface area contributed by atoms with Crippen LogP contribution in [0.25, 0.3) is 0 Å². The Bertz CT molecular complexity index is 222. The summed E-state index contributed by atoms with van der Waals surface area (Å²) in [5.41, 5.74) is 3.74. The van der Waals surface area contributed by atoms with E-state index in [-0.39, 0.29) is 12.2 Å². The molecule has 0 saturated heterocycles. The van der Waals surface area contributed by atoms with Gasteiger partial charge in [0.05, 0.1) is 6.61 Å². The van der Waals surface area contributed by atoms with E-state index < -0.39 is 29.2 Å². The summed E-state index contributed by atoms with van der Waals surface area (Å²) in [6.07, 6.45) is 0.904. The molecule has 0 rings (SSSR count). The van der Waals surface area contributed by atoms with Crippen LogP contribution in [0.3, 0.4) is 0 Å². The molecule has 0 saturated carbocycles.